The molecule has 0 aliphatic heterocycles. The van der Waals surface area contributed by atoms with Crippen LogP contribution in [-0.2, 0) is 0 Å². The van der Waals surface area contributed by atoms with E-state index in [1.807, 2.05) is 39.2 Å². The van der Waals surface area contributed by atoms with Crippen molar-refractivity contribution in [3.8, 4) is 11.8 Å². The van der Waals surface area contributed by atoms with E-state index in [2.05, 4.69) is 28.9 Å². The molecule has 1 aromatic rings. The Morgan fingerprint density at radius 2 is 1.77 bits per heavy atom. The Morgan fingerprint density at radius 3 is 2.23 bits per heavy atom. The van der Waals surface area contributed by atoms with Crippen LogP contribution in [0.5, 0.6) is 0 Å². The third kappa shape index (κ3) is 2.61. The highest BCUT2D eigenvalue weighted by atomic mass is 15.1. The molecule has 0 aromatic heterocycles. The van der Waals surface area contributed by atoms with Crippen LogP contribution in [0.2, 0.25) is 0 Å². The molecule has 1 nitrogen and oxygen atoms in total. The van der Waals surface area contributed by atoms with Gasteiger partial charge in [-0.15, -0.1) is 5.92 Å². The van der Waals surface area contributed by atoms with Crippen molar-refractivity contribution in [1.82, 2.24) is 4.90 Å². The highest BCUT2D eigenvalue weighted by Gasteiger charge is 2.08. The van der Waals surface area contributed by atoms with E-state index in [4.69, 9.17) is 0 Å². The van der Waals surface area contributed by atoms with E-state index in [0.29, 0.717) is 0 Å². The molecule has 0 spiro atoms. The zero-order valence-corrected chi connectivity index (χ0v) is 8.41. The van der Waals surface area contributed by atoms with Crippen LogP contribution in [0.3, 0.4) is 0 Å². The molecule has 1 atom stereocenters. The first-order valence-electron chi connectivity index (χ1n) is 4.39. The quantitative estimate of drug-likeness (QED) is 0.620. The van der Waals surface area contributed by atoms with E-state index in [9.17, 15) is 0 Å². The predicted octanol–water partition coefficient (Wildman–Crippen LogP) is 2.31. The van der Waals surface area contributed by atoms with Crippen molar-refractivity contribution in [2.24, 2.45) is 0 Å². The summed E-state index contributed by atoms with van der Waals surface area (Å²) in [7, 11) is 4.09. The molecule has 68 valence electrons. The van der Waals surface area contributed by atoms with Crippen molar-refractivity contribution in [2.75, 3.05) is 14.1 Å². The number of rotatable bonds is 2. The number of hydrogen-bond donors (Lipinski definition) is 0. The van der Waals surface area contributed by atoms with Gasteiger partial charge in [-0.2, -0.15) is 0 Å². The fourth-order valence-electron chi connectivity index (χ4n) is 1.28. The number of benzene rings is 1. The zero-order chi connectivity index (χ0) is 9.68. The van der Waals surface area contributed by atoms with E-state index < -0.39 is 0 Å². The van der Waals surface area contributed by atoms with E-state index in [1.165, 1.54) is 5.56 Å². The van der Waals surface area contributed by atoms with Crippen LogP contribution < -0.4 is 0 Å². The predicted molar refractivity (Wildman–Crippen MR) is 56.3 cm³/mol. The summed E-state index contributed by atoms with van der Waals surface area (Å²) in [6, 6.07) is 10.5. The zero-order valence-electron chi connectivity index (χ0n) is 8.41. The Balaban J connectivity index is 2.93. The molecule has 0 saturated heterocycles. The minimum Gasteiger partial charge on any atom is -0.292 e. The van der Waals surface area contributed by atoms with Gasteiger partial charge in [-0.25, -0.2) is 0 Å². The Hall–Kier alpha value is -1.26. The van der Waals surface area contributed by atoms with Gasteiger partial charge in [0.25, 0.3) is 0 Å². The minimum atomic E-state index is 0.214. The maximum Gasteiger partial charge on any atom is 0.0965 e. The molecular weight excluding hydrogens is 158 g/mol. The van der Waals surface area contributed by atoms with Crippen molar-refractivity contribution >= 4 is 0 Å². The first-order valence-corrected chi connectivity index (χ1v) is 4.39. The topological polar surface area (TPSA) is 3.24 Å². The van der Waals surface area contributed by atoms with Gasteiger partial charge in [-0.1, -0.05) is 36.3 Å². The molecule has 0 heterocycles. The van der Waals surface area contributed by atoms with Gasteiger partial charge >= 0.3 is 0 Å². The van der Waals surface area contributed by atoms with E-state index in [0.717, 1.165) is 0 Å². The largest absolute Gasteiger partial charge is 0.292 e. The standard InChI is InChI=1S/C12H15N/c1-4-8-12(13(2)3)11-9-6-5-7-10-11/h5-7,9-10,12H,1-3H3. The van der Waals surface area contributed by atoms with E-state index >= 15 is 0 Å². The van der Waals surface area contributed by atoms with Crippen molar-refractivity contribution in [3.05, 3.63) is 35.9 Å². The van der Waals surface area contributed by atoms with Gasteiger partial charge in [0.2, 0.25) is 0 Å². The van der Waals surface area contributed by atoms with Gasteiger partial charge in [0.15, 0.2) is 0 Å². The third-order valence-electron chi connectivity index (χ3n) is 1.91. The lowest BCUT2D eigenvalue weighted by atomic mass is 10.1. The molecule has 0 fully saturated rings. The van der Waals surface area contributed by atoms with Crippen molar-refractivity contribution < 1.29 is 0 Å². The lowest BCUT2D eigenvalue weighted by Gasteiger charge is -2.18. The Kier molecular flexibility index (Phi) is 3.54. The molecule has 0 aliphatic rings. The summed E-state index contributed by atoms with van der Waals surface area (Å²) in [6.45, 7) is 1.87. The smallest absolute Gasteiger partial charge is 0.0965 e. The summed E-state index contributed by atoms with van der Waals surface area (Å²) < 4.78 is 0. The SMILES string of the molecule is CC#CC(c1ccccc1)N(C)C. The highest BCUT2D eigenvalue weighted by molar-refractivity contribution is 5.26. The highest BCUT2D eigenvalue weighted by Crippen LogP contribution is 2.15. The molecule has 0 N–H and O–H groups in total. The molecule has 0 radical (unpaired) electrons. The molecule has 0 saturated carbocycles. The van der Waals surface area contributed by atoms with Gasteiger partial charge in [0.05, 0.1) is 6.04 Å². The normalized spacial score (nSPS) is 12.0. The summed E-state index contributed by atoms with van der Waals surface area (Å²) in [5.74, 6) is 6.13. The molecule has 13 heavy (non-hydrogen) atoms. The van der Waals surface area contributed by atoms with Crippen LogP contribution in [0, 0.1) is 11.8 Å². The molecule has 0 bridgehead atoms. The second-order valence-corrected chi connectivity index (χ2v) is 3.17. The van der Waals surface area contributed by atoms with Crippen molar-refractivity contribution in [3.63, 3.8) is 0 Å². The molecule has 1 heteroatoms. The van der Waals surface area contributed by atoms with Gasteiger partial charge in [0, 0.05) is 0 Å². The second kappa shape index (κ2) is 4.69. The molecule has 1 rings (SSSR count). The second-order valence-electron chi connectivity index (χ2n) is 3.17. The van der Waals surface area contributed by atoms with Crippen LogP contribution in [-0.4, -0.2) is 19.0 Å². The molecule has 1 unspecified atom stereocenters. The lowest BCUT2D eigenvalue weighted by molar-refractivity contribution is 0.361. The third-order valence-corrected chi connectivity index (χ3v) is 1.91. The first-order chi connectivity index (χ1) is 6.25. The Labute approximate surface area is 80.4 Å². The Morgan fingerprint density at radius 1 is 1.15 bits per heavy atom. The van der Waals surface area contributed by atoms with Crippen molar-refractivity contribution in [1.29, 1.82) is 0 Å². The maximum atomic E-state index is 3.17. The summed E-state index contributed by atoms with van der Waals surface area (Å²) in [4.78, 5) is 2.12. The van der Waals surface area contributed by atoms with Gasteiger partial charge in [0.1, 0.15) is 0 Å². The van der Waals surface area contributed by atoms with Crippen molar-refractivity contribution in [2.45, 2.75) is 13.0 Å². The van der Waals surface area contributed by atoms with Crippen LogP contribution in [0.4, 0.5) is 0 Å². The summed E-state index contributed by atoms with van der Waals surface area (Å²) in [6.07, 6.45) is 0. The summed E-state index contributed by atoms with van der Waals surface area (Å²) in [5, 5.41) is 0. The molecule has 1 aromatic carbocycles. The van der Waals surface area contributed by atoms with Crippen LogP contribution in [0.15, 0.2) is 30.3 Å². The van der Waals surface area contributed by atoms with Gasteiger partial charge in [-0.05, 0) is 26.6 Å². The van der Waals surface area contributed by atoms with Gasteiger partial charge in [-0.3, -0.25) is 4.90 Å². The molecule has 0 amide bonds. The Bertz CT molecular complexity index is 303. The number of hydrogen-bond acceptors (Lipinski definition) is 1. The van der Waals surface area contributed by atoms with E-state index in [-0.39, 0.29) is 6.04 Å². The average molecular weight is 173 g/mol. The monoisotopic (exact) mass is 173 g/mol. The maximum absolute atomic E-state index is 3.17. The van der Waals surface area contributed by atoms with Crippen LogP contribution >= 0.6 is 0 Å². The summed E-state index contributed by atoms with van der Waals surface area (Å²) in [5.41, 5.74) is 1.25. The average Bonchev–Trinajstić information content (AvgIpc) is 2.15. The summed E-state index contributed by atoms with van der Waals surface area (Å²) >= 11 is 0. The van der Waals surface area contributed by atoms with E-state index in [1.54, 1.807) is 0 Å². The fourth-order valence-corrected chi connectivity index (χ4v) is 1.28. The van der Waals surface area contributed by atoms with Crippen LogP contribution in [0.1, 0.15) is 18.5 Å². The number of nitrogens with zero attached hydrogens (tertiary/aromatic N) is 1. The minimum absolute atomic E-state index is 0.214. The first kappa shape index (κ1) is 9.83. The fraction of sp³-hybridized carbons (Fsp3) is 0.333. The van der Waals surface area contributed by atoms with Gasteiger partial charge < -0.3 is 0 Å². The molecule has 0 aliphatic carbocycles. The van der Waals surface area contributed by atoms with Crippen LogP contribution in [0.25, 0.3) is 0 Å². The lowest BCUT2D eigenvalue weighted by Crippen LogP contribution is -2.18. The molecular formula is C12H15N.